The van der Waals surface area contributed by atoms with Gasteiger partial charge in [-0.15, -0.1) is 0 Å². The summed E-state index contributed by atoms with van der Waals surface area (Å²) in [5.74, 6) is -4.96. The number of hydrogen-bond donors (Lipinski definition) is 8. The highest BCUT2D eigenvalue weighted by atomic mass is 16.4. The summed E-state index contributed by atoms with van der Waals surface area (Å²) in [4.78, 5) is 60.8. The normalized spacial score (nSPS) is 14.5. The van der Waals surface area contributed by atoms with Crippen molar-refractivity contribution in [1.29, 1.82) is 0 Å². The SMILES string of the molecule is CC(C)C(NC(=O)C(CCC(=O)O)NC(=O)C(CCCCN)NC(=O)C(N)CCCCN)C(=O)O. The summed E-state index contributed by atoms with van der Waals surface area (Å²) in [7, 11) is 0. The van der Waals surface area contributed by atoms with Crippen LogP contribution in [0.3, 0.4) is 0 Å². The highest BCUT2D eigenvalue weighted by molar-refractivity contribution is 5.94. The number of hydrogen-bond acceptors (Lipinski definition) is 8. The zero-order chi connectivity index (χ0) is 27.0. The average molecular weight is 503 g/mol. The second-order valence-electron chi connectivity index (χ2n) is 8.80. The predicted octanol–water partition coefficient (Wildman–Crippen LogP) is -1.37. The Hall–Kier alpha value is -2.77. The molecule has 4 atom stereocenters. The van der Waals surface area contributed by atoms with E-state index >= 15 is 0 Å². The number of nitrogens with two attached hydrogens (primary N) is 3. The summed E-state index contributed by atoms with van der Waals surface area (Å²) >= 11 is 0. The van der Waals surface area contributed by atoms with Crippen LogP contribution in [0.15, 0.2) is 0 Å². The molecule has 35 heavy (non-hydrogen) atoms. The zero-order valence-electron chi connectivity index (χ0n) is 20.6. The summed E-state index contributed by atoms with van der Waals surface area (Å²) < 4.78 is 0. The van der Waals surface area contributed by atoms with Crippen molar-refractivity contribution >= 4 is 29.7 Å². The standard InChI is InChI=1S/C22H42N6O7/c1-13(2)18(22(34)35)28-21(33)16(9-10-17(29)30)27-20(32)15(8-4-6-12-24)26-19(31)14(25)7-3-5-11-23/h13-16,18H,3-12,23-25H2,1-2H3,(H,26,31)(H,27,32)(H,28,33)(H,29,30)(H,34,35). The molecule has 0 aromatic rings. The third kappa shape index (κ3) is 13.6. The van der Waals surface area contributed by atoms with E-state index in [4.69, 9.17) is 22.3 Å². The molecule has 0 aromatic heterocycles. The van der Waals surface area contributed by atoms with Gasteiger partial charge < -0.3 is 43.4 Å². The fourth-order valence-electron chi connectivity index (χ4n) is 3.26. The molecule has 0 radical (unpaired) electrons. The first-order valence-electron chi connectivity index (χ1n) is 12.0. The fraction of sp³-hybridized carbons (Fsp3) is 0.773. The zero-order valence-corrected chi connectivity index (χ0v) is 20.6. The number of carboxylic acid groups (broad SMARTS) is 2. The van der Waals surface area contributed by atoms with Gasteiger partial charge in [-0.1, -0.05) is 20.3 Å². The molecule has 11 N–H and O–H groups in total. The van der Waals surface area contributed by atoms with E-state index in [1.54, 1.807) is 13.8 Å². The first kappa shape index (κ1) is 32.2. The molecular weight excluding hydrogens is 460 g/mol. The molecule has 0 heterocycles. The van der Waals surface area contributed by atoms with Gasteiger partial charge in [0, 0.05) is 6.42 Å². The Labute approximate surface area is 205 Å². The van der Waals surface area contributed by atoms with Crippen LogP contribution in [0.4, 0.5) is 0 Å². The Morgan fingerprint density at radius 3 is 1.69 bits per heavy atom. The number of amides is 3. The van der Waals surface area contributed by atoms with Crippen molar-refractivity contribution in [2.75, 3.05) is 13.1 Å². The van der Waals surface area contributed by atoms with E-state index in [0.29, 0.717) is 45.2 Å². The van der Waals surface area contributed by atoms with Crippen LogP contribution in [0.1, 0.15) is 65.2 Å². The van der Waals surface area contributed by atoms with E-state index in [-0.39, 0.29) is 12.8 Å². The van der Waals surface area contributed by atoms with Crippen molar-refractivity contribution in [3.63, 3.8) is 0 Å². The lowest BCUT2D eigenvalue weighted by atomic mass is 10.0. The van der Waals surface area contributed by atoms with Crippen molar-refractivity contribution in [2.24, 2.45) is 23.1 Å². The number of nitrogens with one attached hydrogen (secondary N) is 3. The predicted molar refractivity (Wildman–Crippen MR) is 129 cm³/mol. The van der Waals surface area contributed by atoms with Crippen molar-refractivity contribution < 1.29 is 34.2 Å². The quantitative estimate of drug-likeness (QED) is 0.0963. The smallest absolute Gasteiger partial charge is 0.326 e. The van der Waals surface area contributed by atoms with Crippen LogP contribution in [0, 0.1) is 5.92 Å². The Morgan fingerprint density at radius 1 is 0.714 bits per heavy atom. The molecule has 202 valence electrons. The molecule has 0 spiro atoms. The Bertz CT molecular complexity index is 704. The molecule has 13 heteroatoms. The Balaban J connectivity index is 5.50. The molecule has 13 nitrogen and oxygen atoms in total. The molecular formula is C22H42N6O7. The summed E-state index contributed by atoms with van der Waals surface area (Å²) in [6.07, 6.45) is 2.37. The van der Waals surface area contributed by atoms with Crippen molar-refractivity contribution in [3.05, 3.63) is 0 Å². The largest absolute Gasteiger partial charge is 0.481 e. The van der Waals surface area contributed by atoms with Crippen molar-refractivity contribution in [1.82, 2.24) is 16.0 Å². The van der Waals surface area contributed by atoms with Gasteiger partial charge in [0.2, 0.25) is 17.7 Å². The number of unbranched alkanes of at least 4 members (excludes halogenated alkanes) is 2. The Kier molecular flexibility index (Phi) is 16.2. The van der Waals surface area contributed by atoms with Crippen LogP contribution < -0.4 is 33.2 Å². The molecule has 0 saturated heterocycles. The molecule has 0 aliphatic heterocycles. The lowest BCUT2D eigenvalue weighted by molar-refractivity contribution is -0.144. The van der Waals surface area contributed by atoms with E-state index < -0.39 is 66.2 Å². The minimum atomic E-state index is -1.31. The summed E-state index contributed by atoms with van der Waals surface area (Å²) in [5, 5.41) is 25.8. The first-order valence-corrected chi connectivity index (χ1v) is 12.0. The molecule has 4 unspecified atom stereocenters. The lowest BCUT2D eigenvalue weighted by Gasteiger charge is -2.26. The molecule has 0 aliphatic carbocycles. The summed E-state index contributed by atoms with van der Waals surface area (Å²) in [6.45, 7) is 4.06. The van der Waals surface area contributed by atoms with Gasteiger partial charge in [0.15, 0.2) is 0 Å². The van der Waals surface area contributed by atoms with E-state index in [1.807, 2.05) is 0 Å². The molecule has 0 aromatic carbocycles. The Morgan fingerprint density at radius 2 is 1.20 bits per heavy atom. The molecule has 3 amide bonds. The topological polar surface area (TPSA) is 240 Å². The number of carbonyl (C=O) groups is 5. The van der Waals surface area contributed by atoms with Crippen molar-refractivity contribution in [3.8, 4) is 0 Å². The van der Waals surface area contributed by atoms with Gasteiger partial charge in [-0.3, -0.25) is 19.2 Å². The second kappa shape index (κ2) is 17.6. The average Bonchev–Trinajstić information content (AvgIpc) is 2.78. The van der Waals surface area contributed by atoms with Crippen LogP contribution in [0.25, 0.3) is 0 Å². The maximum atomic E-state index is 13.0. The number of rotatable bonds is 19. The third-order valence-corrected chi connectivity index (χ3v) is 5.40. The molecule has 0 fully saturated rings. The van der Waals surface area contributed by atoms with Gasteiger partial charge in [-0.2, -0.15) is 0 Å². The summed E-state index contributed by atoms with van der Waals surface area (Å²) in [5.41, 5.74) is 16.9. The van der Waals surface area contributed by atoms with Crippen LogP contribution >= 0.6 is 0 Å². The minimum absolute atomic E-state index is 0.224. The van der Waals surface area contributed by atoms with E-state index in [0.717, 1.165) is 0 Å². The maximum absolute atomic E-state index is 13.0. The van der Waals surface area contributed by atoms with Gasteiger partial charge in [0.25, 0.3) is 0 Å². The maximum Gasteiger partial charge on any atom is 0.326 e. The monoisotopic (exact) mass is 502 g/mol. The van der Waals surface area contributed by atoms with E-state index in [2.05, 4.69) is 16.0 Å². The second-order valence-corrected chi connectivity index (χ2v) is 8.80. The number of carbonyl (C=O) groups excluding carboxylic acids is 3. The van der Waals surface area contributed by atoms with Gasteiger partial charge in [0.1, 0.15) is 18.1 Å². The van der Waals surface area contributed by atoms with E-state index in [9.17, 15) is 29.1 Å². The van der Waals surface area contributed by atoms with Crippen LogP contribution in [0.5, 0.6) is 0 Å². The number of carboxylic acids is 2. The highest BCUT2D eigenvalue weighted by Gasteiger charge is 2.31. The fourth-order valence-corrected chi connectivity index (χ4v) is 3.26. The molecule has 0 bridgehead atoms. The van der Waals surface area contributed by atoms with Crippen LogP contribution in [-0.4, -0.2) is 77.1 Å². The van der Waals surface area contributed by atoms with Gasteiger partial charge in [-0.25, -0.2) is 4.79 Å². The van der Waals surface area contributed by atoms with E-state index in [1.165, 1.54) is 0 Å². The van der Waals surface area contributed by atoms with Crippen molar-refractivity contribution in [2.45, 2.75) is 89.4 Å². The summed E-state index contributed by atoms with van der Waals surface area (Å²) in [6, 6.07) is -4.42. The van der Waals surface area contributed by atoms with Gasteiger partial charge in [0.05, 0.1) is 6.04 Å². The highest BCUT2D eigenvalue weighted by Crippen LogP contribution is 2.08. The molecule has 0 rings (SSSR count). The van der Waals surface area contributed by atoms with Crippen LogP contribution in [-0.2, 0) is 24.0 Å². The minimum Gasteiger partial charge on any atom is -0.481 e. The van der Waals surface area contributed by atoms with Gasteiger partial charge in [-0.05, 0) is 57.5 Å². The third-order valence-electron chi connectivity index (χ3n) is 5.40. The van der Waals surface area contributed by atoms with Crippen LogP contribution in [0.2, 0.25) is 0 Å². The first-order chi connectivity index (χ1) is 16.4. The number of aliphatic carboxylic acids is 2. The lowest BCUT2D eigenvalue weighted by Crippen LogP contribution is -2.57. The van der Waals surface area contributed by atoms with Gasteiger partial charge >= 0.3 is 11.9 Å². The molecule has 0 aliphatic rings. The molecule has 0 saturated carbocycles.